The first-order valence-corrected chi connectivity index (χ1v) is 11.9. The van der Waals surface area contributed by atoms with E-state index in [1.54, 1.807) is 38.1 Å². The lowest BCUT2D eigenvalue weighted by atomic mass is 9.96. The van der Waals surface area contributed by atoms with E-state index in [4.69, 9.17) is 4.74 Å². The van der Waals surface area contributed by atoms with E-state index in [0.717, 1.165) is 28.6 Å². The van der Waals surface area contributed by atoms with Gasteiger partial charge < -0.3 is 9.64 Å². The number of nitrogens with zero attached hydrogens (tertiary/aromatic N) is 1. The lowest BCUT2D eigenvalue weighted by Gasteiger charge is -2.26. The highest BCUT2D eigenvalue weighted by Crippen LogP contribution is 2.35. The van der Waals surface area contributed by atoms with Gasteiger partial charge in [0.25, 0.3) is 11.1 Å². The highest BCUT2D eigenvalue weighted by atomic mass is 32.2. The van der Waals surface area contributed by atoms with Crippen molar-refractivity contribution in [3.63, 3.8) is 0 Å². The van der Waals surface area contributed by atoms with Gasteiger partial charge in [-0.1, -0.05) is 48.5 Å². The van der Waals surface area contributed by atoms with Gasteiger partial charge in [-0.05, 0) is 67.1 Å². The molecule has 1 aliphatic heterocycles. The summed E-state index contributed by atoms with van der Waals surface area (Å²) in [6.45, 7) is 3.43. The second-order valence-electron chi connectivity index (χ2n) is 8.85. The average Bonchev–Trinajstić information content (AvgIpc) is 3.16. The van der Waals surface area contributed by atoms with Crippen LogP contribution in [0.25, 0.3) is 17.2 Å². The molecule has 1 saturated heterocycles. The number of nitrogens with one attached hydrogen (secondary N) is 1. The number of ether oxygens (including phenoxy) is 1. The summed E-state index contributed by atoms with van der Waals surface area (Å²) in [7, 11) is 3.96. The van der Waals surface area contributed by atoms with Crippen molar-refractivity contribution < 1.29 is 19.1 Å². The third-order valence-corrected chi connectivity index (χ3v) is 6.41. The molecule has 3 aromatic carbocycles. The third kappa shape index (κ3) is 5.46. The molecule has 1 N–H and O–H groups in total. The molecule has 1 heterocycles. The predicted octanol–water partition coefficient (Wildman–Crippen LogP) is 5.78. The Labute approximate surface area is 209 Å². The van der Waals surface area contributed by atoms with E-state index in [0.29, 0.717) is 16.9 Å². The lowest BCUT2D eigenvalue weighted by molar-refractivity contribution is -0.115. The third-order valence-electron chi connectivity index (χ3n) is 5.60. The summed E-state index contributed by atoms with van der Waals surface area (Å²) in [5, 5.41) is 1.86. The Balaban J connectivity index is 1.73. The zero-order valence-corrected chi connectivity index (χ0v) is 20.8. The molecule has 7 heteroatoms. The number of carbonyl (C=O) groups excluding carboxylic acids is 3. The summed E-state index contributed by atoms with van der Waals surface area (Å²) in [4.78, 5) is 39.3. The van der Waals surface area contributed by atoms with Crippen LogP contribution in [0.5, 0.6) is 5.75 Å². The van der Waals surface area contributed by atoms with Crippen LogP contribution in [-0.2, 0) is 4.79 Å². The summed E-state index contributed by atoms with van der Waals surface area (Å²) in [6, 6.07) is 22.7. The Bertz CT molecular complexity index is 1310. The number of imide groups is 1. The van der Waals surface area contributed by atoms with E-state index in [2.05, 4.69) is 5.32 Å². The van der Waals surface area contributed by atoms with Crippen molar-refractivity contribution in [2.24, 2.45) is 0 Å². The number of benzene rings is 3. The van der Waals surface area contributed by atoms with Gasteiger partial charge in [-0.25, -0.2) is 0 Å². The van der Waals surface area contributed by atoms with E-state index >= 15 is 0 Å². The number of amides is 2. The molecule has 0 spiro atoms. The molecule has 0 aromatic heterocycles. The van der Waals surface area contributed by atoms with Gasteiger partial charge in [0.15, 0.2) is 5.60 Å². The number of Topliss-reactive ketones (excluding diaryl/α,β-unsaturated/α-hetero) is 1. The Morgan fingerprint density at radius 1 is 0.943 bits per heavy atom. The summed E-state index contributed by atoms with van der Waals surface area (Å²) in [5.41, 5.74) is 2.96. The summed E-state index contributed by atoms with van der Waals surface area (Å²) >= 11 is 0.839. The van der Waals surface area contributed by atoms with E-state index in [9.17, 15) is 14.4 Å². The first-order chi connectivity index (χ1) is 16.6. The van der Waals surface area contributed by atoms with Gasteiger partial charge in [-0.3, -0.25) is 19.7 Å². The van der Waals surface area contributed by atoms with Crippen molar-refractivity contribution >= 4 is 40.5 Å². The monoisotopic (exact) mass is 486 g/mol. The van der Waals surface area contributed by atoms with Gasteiger partial charge in [0.05, 0.1) is 4.91 Å². The van der Waals surface area contributed by atoms with E-state index in [1.807, 2.05) is 73.6 Å². The molecule has 0 bridgehead atoms. The van der Waals surface area contributed by atoms with Crippen molar-refractivity contribution in [3.8, 4) is 16.9 Å². The first-order valence-electron chi connectivity index (χ1n) is 11.1. The minimum atomic E-state index is -1.16. The second kappa shape index (κ2) is 9.80. The molecule has 35 heavy (non-hydrogen) atoms. The van der Waals surface area contributed by atoms with E-state index in [-0.39, 0.29) is 10.7 Å². The second-order valence-corrected chi connectivity index (χ2v) is 9.87. The molecule has 1 fully saturated rings. The van der Waals surface area contributed by atoms with E-state index in [1.165, 1.54) is 0 Å². The molecule has 178 valence electrons. The first kappa shape index (κ1) is 24.3. The molecule has 0 atom stereocenters. The number of hydrogen-bond donors (Lipinski definition) is 1. The molecule has 3 aromatic rings. The number of ketones is 1. The SMILES string of the molecule is CN(C)c1ccc(-c2ccc(OC(C)(C)C(=O)c3ccccc3)c(C=C3SC(=O)NC3=O)c2)cc1. The zero-order valence-electron chi connectivity index (χ0n) is 20.0. The molecule has 6 nitrogen and oxygen atoms in total. The van der Waals surface area contributed by atoms with Crippen LogP contribution in [0, 0.1) is 0 Å². The predicted molar refractivity (Wildman–Crippen MR) is 141 cm³/mol. The van der Waals surface area contributed by atoms with Gasteiger partial charge in [0.2, 0.25) is 5.78 Å². The van der Waals surface area contributed by atoms with Crippen LogP contribution in [0.4, 0.5) is 10.5 Å². The van der Waals surface area contributed by atoms with Crippen molar-refractivity contribution in [1.29, 1.82) is 0 Å². The number of hydrogen-bond acceptors (Lipinski definition) is 6. The topological polar surface area (TPSA) is 75.7 Å². The Kier molecular flexibility index (Phi) is 6.80. The minimum absolute atomic E-state index is 0.164. The standard InChI is InChI=1S/C28H26N2O4S/c1-28(2,25(31)19-8-6-5-7-9-19)34-23-15-12-20(18-10-13-22(14-11-18)30(3)4)16-21(23)17-24-26(32)29-27(33)35-24/h5-17H,1-4H3,(H,29,32,33). The zero-order chi connectivity index (χ0) is 25.2. The summed E-state index contributed by atoms with van der Waals surface area (Å²) in [6.07, 6.45) is 1.63. The molecule has 2 amide bonds. The van der Waals surface area contributed by atoms with Crippen LogP contribution >= 0.6 is 11.8 Å². The smallest absolute Gasteiger partial charge is 0.290 e. The van der Waals surface area contributed by atoms with Crippen LogP contribution < -0.4 is 15.0 Å². The van der Waals surface area contributed by atoms with Gasteiger partial charge in [0.1, 0.15) is 5.75 Å². The molecule has 0 aliphatic carbocycles. The molecular formula is C28H26N2O4S. The molecular weight excluding hydrogens is 460 g/mol. The van der Waals surface area contributed by atoms with Crippen molar-refractivity contribution in [2.75, 3.05) is 19.0 Å². The van der Waals surface area contributed by atoms with Crippen LogP contribution in [0.15, 0.2) is 77.7 Å². The van der Waals surface area contributed by atoms with Gasteiger partial charge in [-0.15, -0.1) is 0 Å². The van der Waals surface area contributed by atoms with Crippen molar-refractivity contribution in [2.45, 2.75) is 19.4 Å². The minimum Gasteiger partial charge on any atom is -0.479 e. The quantitative estimate of drug-likeness (QED) is 0.337. The van der Waals surface area contributed by atoms with Gasteiger partial charge in [0, 0.05) is 30.9 Å². The fourth-order valence-corrected chi connectivity index (χ4v) is 4.38. The Morgan fingerprint density at radius 2 is 1.60 bits per heavy atom. The highest BCUT2D eigenvalue weighted by molar-refractivity contribution is 8.18. The van der Waals surface area contributed by atoms with Gasteiger partial charge in [-0.2, -0.15) is 0 Å². The summed E-state index contributed by atoms with van der Waals surface area (Å²) < 4.78 is 6.24. The van der Waals surface area contributed by atoms with Crippen LogP contribution in [0.3, 0.4) is 0 Å². The fourth-order valence-electron chi connectivity index (χ4n) is 3.71. The maximum atomic E-state index is 13.1. The molecule has 0 radical (unpaired) electrons. The maximum Gasteiger partial charge on any atom is 0.290 e. The van der Waals surface area contributed by atoms with E-state index < -0.39 is 16.7 Å². The number of carbonyl (C=O) groups is 3. The van der Waals surface area contributed by atoms with Crippen LogP contribution in [0.1, 0.15) is 29.8 Å². The number of anilines is 1. The lowest BCUT2D eigenvalue weighted by Crippen LogP contribution is -2.38. The van der Waals surface area contributed by atoms with Crippen LogP contribution in [0.2, 0.25) is 0 Å². The molecule has 1 aliphatic rings. The molecule has 0 saturated carbocycles. The fraction of sp³-hybridized carbons (Fsp3) is 0.179. The Morgan fingerprint density at radius 3 is 2.20 bits per heavy atom. The summed E-state index contributed by atoms with van der Waals surface area (Å²) in [5.74, 6) is -0.178. The van der Waals surface area contributed by atoms with Gasteiger partial charge >= 0.3 is 0 Å². The van der Waals surface area contributed by atoms with Crippen LogP contribution in [-0.4, -0.2) is 36.6 Å². The number of rotatable bonds is 7. The molecule has 4 rings (SSSR count). The Hall–Kier alpha value is -3.84. The molecule has 0 unspecified atom stereocenters. The maximum absolute atomic E-state index is 13.1. The van der Waals surface area contributed by atoms with Crippen molar-refractivity contribution in [3.05, 3.63) is 88.8 Å². The normalized spacial score (nSPS) is 14.7. The largest absolute Gasteiger partial charge is 0.479 e. The number of thioether (sulfide) groups is 1. The average molecular weight is 487 g/mol. The van der Waals surface area contributed by atoms with Crippen molar-refractivity contribution in [1.82, 2.24) is 5.32 Å². The highest BCUT2D eigenvalue weighted by Gasteiger charge is 2.32.